The second-order valence-corrected chi connectivity index (χ2v) is 5.25. The molecule has 13 heavy (non-hydrogen) atoms. The first-order chi connectivity index (χ1) is 5.87. The molecular formula is C10H19BrO2. The van der Waals surface area contributed by atoms with Gasteiger partial charge in [0.25, 0.3) is 0 Å². The fourth-order valence-corrected chi connectivity index (χ4v) is 1.28. The summed E-state index contributed by atoms with van der Waals surface area (Å²) in [5.41, 5.74) is -0.380. The summed E-state index contributed by atoms with van der Waals surface area (Å²) in [6.45, 7) is 7.74. The minimum atomic E-state index is -0.380. The number of hydrogen-bond donors (Lipinski definition) is 0. The molecule has 0 heterocycles. The van der Waals surface area contributed by atoms with Gasteiger partial charge in [-0.15, -0.1) is 0 Å². The topological polar surface area (TPSA) is 26.3 Å². The number of carbonyl (C=O) groups is 1. The van der Waals surface area contributed by atoms with Crippen LogP contribution in [0.15, 0.2) is 0 Å². The van der Waals surface area contributed by atoms with E-state index < -0.39 is 0 Å². The fourth-order valence-electron chi connectivity index (χ4n) is 0.867. The Bertz CT molecular complexity index is 161. The van der Waals surface area contributed by atoms with Crippen LogP contribution >= 0.6 is 15.9 Å². The largest absolute Gasteiger partial charge is 0.459 e. The molecule has 2 nitrogen and oxygen atoms in total. The number of halogens is 1. The van der Waals surface area contributed by atoms with Crippen LogP contribution < -0.4 is 0 Å². The van der Waals surface area contributed by atoms with Crippen molar-refractivity contribution in [2.75, 3.05) is 0 Å². The number of esters is 1. The summed E-state index contributed by atoms with van der Waals surface area (Å²) in [4.78, 5) is 11.2. The molecule has 0 aliphatic carbocycles. The molecule has 0 aliphatic rings. The quantitative estimate of drug-likeness (QED) is 0.566. The highest BCUT2D eigenvalue weighted by atomic mass is 79.9. The van der Waals surface area contributed by atoms with E-state index in [1.807, 2.05) is 20.8 Å². The zero-order valence-electron chi connectivity index (χ0n) is 8.89. The van der Waals surface area contributed by atoms with E-state index in [-0.39, 0.29) is 16.4 Å². The molecule has 0 aliphatic heterocycles. The second-order valence-electron chi connectivity index (χ2n) is 4.14. The smallest absolute Gasteiger partial charge is 0.320 e. The van der Waals surface area contributed by atoms with Crippen LogP contribution in [0.4, 0.5) is 0 Å². The second kappa shape index (κ2) is 5.63. The third kappa shape index (κ3) is 7.05. The Labute approximate surface area is 89.2 Å². The molecule has 0 N–H and O–H groups in total. The lowest BCUT2D eigenvalue weighted by Crippen LogP contribution is -2.28. The molecule has 0 saturated heterocycles. The molecule has 0 saturated carbocycles. The van der Waals surface area contributed by atoms with Gasteiger partial charge >= 0.3 is 5.97 Å². The monoisotopic (exact) mass is 250 g/mol. The zero-order chi connectivity index (χ0) is 10.5. The van der Waals surface area contributed by atoms with Crippen molar-refractivity contribution >= 4 is 21.9 Å². The van der Waals surface area contributed by atoms with Crippen LogP contribution in [0, 0.1) is 0 Å². The van der Waals surface area contributed by atoms with Gasteiger partial charge < -0.3 is 4.74 Å². The summed E-state index contributed by atoms with van der Waals surface area (Å²) in [7, 11) is 0. The molecule has 0 fully saturated rings. The van der Waals surface area contributed by atoms with Crippen molar-refractivity contribution in [3.63, 3.8) is 0 Å². The van der Waals surface area contributed by atoms with Gasteiger partial charge in [-0.3, -0.25) is 4.79 Å². The van der Waals surface area contributed by atoms with Crippen LogP contribution in [0.1, 0.15) is 47.0 Å². The summed E-state index contributed by atoms with van der Waals surface area (Å²) in [6.07, 6.45) is 3.01. The molecular weight excluding hydrogens is 232 g/mol. The average Bonchev–Trinajstić information content (AvgIpc) is 1.96. The predicted octanol–water partition coefficient (Wildman–Crippen LogP) is 3.28. The van der Waals surface area contributed by atoms with E-state index in [9.17, 15) is 4.79 Å². The number of ether oxygens (including phenoxy) is 1. The first kappa shape index (κ1) is 12.9. The van der Waals surface area contributed by atoms with Crippen molar-refractivity contribution in [3.05, 3.63) is 0 Å². The van der Waals surface area contributed by atoms with Crippen LogP contribution in [0.3, 0.4) is 0 Å². The fraction of sp³-hybridized carbons (Fsp3) is 0.900. The minimum absolute atomic E-state index is 0.147. The molecule has 1 unspecified atom stereocenters. The Morgan fingerprint density at radius 3 is 2.38 bits per heavy atom. The first-order valence-electron chi connectivity index (χ1n) is 4.73. The number of alkyl halides is 1. The van der Waals surface area contributed by atoms with Crippen molar-refractivity contribution in [2.24, 2.45) is 0 Å². The summed E-state index contributed by atoms with van der Waals surface area (Å²) in [5.74, 6) is -0.152. The highest BCUT2D eigenvalue weighted by Gasteiger charge is 2.22. The maximum absolute atomic E-state index is 11.4. The Hall–Kier alpha value is -0.0500. The standard InChI is InChI=1S/C10H19BrO2/c1-5-6-7-8(11)9(12)13-10(2,3)4/h8H,5-7H2,1-4H3. The van der Waals surface area contributed by atoms with E-state index in [0.29, 0.717) is 0 Å². The number of hydrogen-bond acceptors (Lipinski definition) is 2. The van der Waals surface area contributed by atoms with Gasteiger partial charge in [-0.05, 0) is 27.2 Å². The lowest BCUT2D eigenvalue weighted by Gasteiger charge is -2.21. The van der Waals surface area contributed by atoms with E-state index in [0.717, 1.165) is 19.3 Å². The Balaban J connectivity index is 3.83. The van der Waals surface area contributed by atoms with Gasteiger partial charge in [-0.25, -0.2) is 0 Å². The van der Waals surface area contributed by atoms with E-state index in [1.165, 1.54) is 0 Å². The van der Waals surface area contributed by atoms with Gasteiger partial charge in [0.1, 0.15) is 10.4 Å². The van der Waals surface area contributed by atoms with Crippen LogP contribution in [-0.2, 0) is 9.53 Å². The SMILES string of the molecule is CCCCC(Br)C(=O)OC(C)(C)C. The van der Waals surface area contributed by atoms with Gasteiger partial charge in [0.15, 0.2) is 0 Å². The van der Waals surface area contributed by atoms with Gasteiger partial charge in [0, 0.05) is 0 Å². The molecule has 0 aromatic carbocycles. The molecule has 1 atom stereocenters. The van der Waals surface area contributed by atoms with Crippen LogP contribution in [0.25, 0.3) is 0 Å². The minimum Gasteiger partial charge on any atom is -0.459 e. The summed E-state index contributed by atoms with van der Waals surface area (Å²) >= 11 is 3.32. The normalized spacial score (nSPS) is 13.9. The van der Waals surface area contributed by atoms with E-state index in [1.54, 1.807) is 0 Å². The number of rotatable bonds is 4. The molecule has 0 radical (unpaired) electrons. The number of carbonyl (C=O) groups excluding carboxylic acids is 1. The maximum atomic E-state index is 11.4. The molecule has 0 aromatic rings. The third-order valence-corrected chi connectivity index (χ3v) is 2.31. The van der Waals surface area contributed by atoms with Gasteiger partial charge in [0.05, 0.1) is 0 Å². The summed E-state index contributed by atoms with van der Waals surface area (Å²) in [6, 6.07) is 0. The van der Waals surface area contributed by atoms with Crippen molar-refractivity contribution < 1.29 is 9.53 Å². The molecule has 0 amide bonds. The molecule has 0 aromatic heterocycles. The van der Waals surface area contributed by atoms with E-state index in [4.69, 9.17) is 4.74 Å². The van der Waals surface area contributed by atoms with Crippen molar-refractivity contribution in [2.45, 2.75) is 57.4 Å². The van der Waals surface area contributed by atoms with Gasteiger partial charge in [-0.2, -0.15) is 0 Å². The maximum Gasteiger partial charge on any atom is 0.320 e. The molecule has 0 bridgehead atoms. The highest BCUT2D eigenvalue weighted by molar-refractivity contribution is 9.10. The summed E-state index contributed by atoms with van der Waals surface area (Å²) < 4.78 is 5.21. The average molecular weight is 251 g/mol. The van der Waals surface area contributed by atoms with Gasteiger partial charge in [0.2, 0.25) is 0 Å². The van der Waals surface area contributed by atoms with Crippen LogP contribution in [0.2, 0.25) is 0 Å². The first-order valence-corrected chi connectivity index (χ1v) is 5.65. The van der Waals surface area contributed by atoms with Crippen molar-refractivity contribution in [1.82, 2.24) is 0 Å². The Kier molecular flexibility index (Phi) is 5.61. The molecule has 3 heteroatoms. The Morgan fingerprint density at radius 1 is 1.46 bits per heavy atom. The molecule has 78 valence electrons. The summed E-state index contributed by atoms with van der Waals surface area (Å²) in [5, 5.41) is 0. The molecule has 0 rings (SSSR count). The third-order valence-electron chi connectivity index (χ3n) is 1.47. The van der Waals surface area contributed by atoms with E-state index in [2.05, 4.69) is 22.9 Å². The number of unbranched alkanes of at least 4 members (excludes halogenated alkanes) is 1. The van der Waals surface area contributed by atoms with Crippen molar-refractivity contribution in [1.29, 1.82) is 0 Å². The Morgan fingerprint density at radius 2 is 2.00 bits per heavy atom. The van der Waals surface area contributed by atoms with Crippen LogP contribution in [-0.4, -0.2) is 16.4 Å². The lowest BCUT2D eigenvalue weighted by atomic mass is 10.1. The van der Waals surface area contributed by atoms with Gasteiger partial charge in [-0.1, -0.05) is 35.7 Å². The highest BCUT2D eigenvalue weighted by Crippen LogP contribution is 2.16. The van der Waals surface area contributed by atoms with Crippen molar-refractivity contribution in [3.8, 4) is 0 Å². The predicted molar refractivity (Wildman–Crippen MR) is 58.1 cm³/mol. The lowest BCUT2D eigenvalue weighted by molar-refractivity contribution is -0.154. The van der Waals surface area contributed by atoms with Crippen LogP contribution in [0.5, 0.6) is 0 Å². The molecule has 0 spiro atoms. The van der Waals surface area contributed by atoms with E-state index >= 15 is 0 Å². The zero-order valence-corrected chi connectivity index (χ0v) is 10.5.